The average molecular weight is 200 g/mol. The van der Waals surface area contributed by atoms with E-state index in [0.29, 0.717) is 0 Å². The van der Waals surface area contributed by atoms with E-state index in [1.807, 2.05) is 42.7 Å². The Balaban J connectivity index is 0.000000144. The molecule has 3 aromatic rings. The van der Waals surface area contributed by atoms with Gasteiger partial charge >= 0.3 is 0 Å². The second-order valence-corrected chi connectivity index (χ2v) is 3.06. The Morgan fingerprint density at radius 3 is 2.60 bits per heavy atom. The SMILES string of the molecule is Nc1ccc2nc[nH]c2c1.c1cc[nH]c1. The van der Waals surface area contributed by atoms with Crippen molar-refractivity contribution in [1.82, 2.24) is 15.0 Å². The lowest BCUT2D eigenvalue weighted by Crippen LogP contribution is -1.82. The molecule has 4 N–H and O–H groups in total. The fraction of sp³-hybridized carbons (Fsp3) is 0. The molecule has 0 unspecified atom stereocenters. The molecule has 0 saturated carbocycles. The van der Waals surface area contributed by atoms with E-state index in [4.69, 9.17) is 5.73 Å². The molecule has 0 spiro atoms. The molecule has 0 amide bonds. The van der Waals surface area contributed by atoms with Crippen molar-refractivity contribution in [1.29, 1.82) is 0 Å². The van der Waals surface area contributed by atoms with Crippen LogP contribution in [0.4, 0.5) is 5.69 Å². The van der Waals surface area contributed by atoms with E-state index in [1.165, 1.54) is 0 Å². The number of aromatic nitrogens is 3. The van der Waals surface area contributed by atoms with E-state index in [0.717, 1.165) is 16.7 Å². The fourth-order valence-corrected chi connectivity index (χ4v) is 1.23. The zero-order valence-corrected chi connectivity index (χ0v) is 8.14. The van der Waals surface area contributed by atoms with E-state index in [2.05, 4.69) is 15.0 Å². The number of benzene rings is 1. The molecule has 76 valence electrons. The van der Waals surface area contributed by atoms with Gasteiger partial charge in [-0.25, -0.2) is 4.98 Å². The van der Waals surface area contributed by atoms with Crippen LogP contribution in [0.2, 0.25) is 0 Å². The summed E-state index contributed by atoms with van der Waals surface area (Å²) in [6.07, 6.45) is 5.41. The second kappa shape index (κ2) is 4.32. The van der Waals surface area contributed by atoms with E-state index in [1.54, 1.807) is 6.33 Å². The quantitative estimate of drug-likeness (QED) is 0.487. The number of hydrogen-bond donors (Lipinski definition) is 3. The van der Waals surface area contributed by atoms with Crippen LogP contribution < -0.4 is 5.73 Å². The van der Waals surface area contributed by atoms with Crippen LogP contribution in [-0.4, -0.2) is 15.0 Å². The van der Waals surface area contributed by atoms with Crippen LogP contribution in [0.25, 0.3) is 11.0 Å². The van der Waals surface area contributed by atoms with Gasteiger partial charge in [0.15, 0.2) is 0 Å². The number of H-pyrrole nitrogens is 2. The summed E-state index contributed by atoms with van der Waals surface area (Å²) in [6.45, 7) is 0. The number of aromatic amines is 2. The van der Waals surface area contributed by atoms with Gasteiger partial charge in [-0.1, -0.05) is 0 Å². The van der Waals surface area contributed by atoms with Gasteiger partial charge in [0.05, 0.1) is 17.4 Å². The van der Waals surface area contributed by atoms with Gasteiger partial charge in [-0.15, -0.1) is 0 Å². The summed E-state index contributed by atoms with van der Waals surface area (Å²) in [5, 5.41) is 0. The Labute approximate surface area is 87.2 Å². The lowest BCUT2D eigenvalue weighted by atomic mass is 10.3. The molecule has 2 aromatic heterocycles. The normalized spacial score (nSPS) is 9.60. The molecule has 3 rings (SSSR count). The van der Waals surface area contributed by atoms with Crippen molar-refractivity contribution in [3.05, 3.63) is 49.1 Å². The third-order valence-corrected chi connectivity index (χ3v) is 1.94. The van der Waals surface area contributed by atoms with Gasteiger partial charge in [0.25, 0.3) is 0 Å². The van der Waals surface area contributed by atoms with Crippen LogP contribution in [0.5, 0.6) is 0 Å². The molecule has 0 aliphatic carbocycles. The molecule has 4 nitrogen and oxygen atoms in total. The van der Waals surface area contributed by atoms with Crippen LogP contribution in [0, 0.1) is 0 Å². The number of nitrogens with two attached hydrogens (primary N) is 1. The molecule has 0 saturated heterocycles. The molecule has 0 atom stereocenters. The van der Waals surface area contributed by atoms with Crippen LogP contribution in [0.15, 0.2) is 49.1 Å². The van der Waals surface area contributed by atoms with Crippen LogP contribution >= 0.6 is 0 Å². The molecular formula is C11H12N4. The van der Waals surface area contributed by atoms with Crippen molar-refractivity contribution >= 4 is 16.7 Å². The molecule has 0 radical (unpaired) electrons. The number of rotatable bonds is 0. The van der Waals surface area contributed by atoms with Crippen molar-refractivity contribution < 1.29 is 0 Å². The summed E-state index contributed by atoms with van der Waals surface area (Å²) >= 11 is 0. The summed E-state index contributed by atoms with van der Waals surface area (Å²) in [7, 11) is 0. The topological polar surface area (TPSA) is 70.5 Å². The minimum Gasteiger partial charge on any atom is -0.399 e. The van der Waals surface area contributed by atoms with Crippen molar-refractivity contribution in [2.24, 2.45) is 0 Å². The highest BCUT2D eigenvalue weighted by Crippen LogP contribution is 2.11. The zero-order chi connectivity index (χ0) is 10.5. The molecule has 0 bridgehead atoms. The van der Waals surface area contributed by atoms with E-state index < -0.39 is 0 Å². The summed E-state index contributed by atoms with van der Waals surface area (Å²) < 4.78 is 0. The van der Waals surface area contributed by atoms with Crippen molar-refractivity contribution in [2.45, 2.75) is 0 Å². The van der Waals surface area contributed by atoms with Gasteiger partial charge in [0.2, 0.25) is 0 Å². The molecular weight excluding hydrogens is 188 g/mol. The van der Waals surface area contributed by atoms with Crippen molar-refractivity contribution in [3.63, 3.8) is 0 Å². The number of nitrogens with zero attached hydrogens (tertiary/aromatic N) is 1. The Morgan fingerprint density at radius 1 is 1.13 bits per heavy atom. The summed E-state index contributed by atoms with van der Waals surface area (Å²) in [4.78, 5) is 9.88. The fourth-order valence-electron chi connectivity index (χ4n) is 1.23. The van der Waals surface area contributed by atoms with Gasteiger partial charge in [-0.3, -0.25) is 0 Å². The monoisotopic (exact) mass is 200 g/mol. The first kappa shape index (κ1) is 9.33. The maximum absolute atomic E-state index is 5.54. The van der Waals surface area contributed by atoms with Crippen LogP contribution in [0.3, 0.4) is 0 Å². The first-order chi connectivity index (χ1) is 7.36. The van der Waals surface area contributed by atoms with Gasteiger partial charge in [0, 0.05) is 18.1 Å². The van der Waals surface area contributed by atoms with Gasteiger partial charge in [-0.05, 0) is 30.3 Å². The highest BCUT2D eigenvalue weighted by molar-refractivity contribution is 5.77. The van der Waals surface area contributed by atoms with Crippen LogP contribution in [0.1, 0.15) is 0 Å². The summed E-state index contributed by atoms with van der Waals surface area (Å²) in [5.74, 6) is 0. The highest BCUT2D eigenvalue weighted by atomic mass is 14.9. The van der Waals surface area contributed by atoms with E-state index in [9.17, 15) is 0 Å². The standard InChI is InChI=1S/C7H7N3.C4H5N/c8-5-1-2-6-7(3-5)10-4-9-6;1-2-4-5-3-1/h1-4H,8H2,(H,9,10);1-5H. The lowest BCUT2D eigenvalue weighted by Gasteiger charge is -1.89. The Bertz CT molecular complexity index is 493. The second-order valence-electron chi connectivity index (χ2n) is 3.06. The predicted molar refractivity (Wildman–Crippen MR) is 61.3 cm³/mol. The minimum absolute atomic E-state index is 0.761. The number of anilines is 1. The summed E-state index contributed by atoms with van der Waals surface area (Å²) in [6, 6.07) is 9.48. The highest BCUT2D eigenvalue weighted by Gasteiger charge is 1.92. The van der Waals surface area contributed by atoms with E-state index >= 15 is 0 Å². The first-order valence-corrected chi connectivity index (χ1v) is 4.62. The van der Waals surface area contributed by atoms with Gasteiger partial charge < -0.3 is 15.7 Å². The molecule has 0 aliphatic rings. The third-order valence-electron chi connectivity index (χ3n) is 1.94. The zero-order valence-electron chi connectivity index (χ0n) is 8.14. The number of imidazole rings is 1. The van der Waals surface area contributed by atoms with Gasteiger partial charge in [0.1, 0.15) is 0 Å². The first-order valence-electron chi connectivity index (χ1n) is 4.62. The molecule has 1 aromatic carbocycles. The maximum atomic E-state index is 5.54. The third kappa shape index (κ3) is 2.37. The Kier molecular flexibility index (Phi) is 2.69. The average Bonchev–Trinajstić information content (AvgIpc) is 2.91. The number of fused-ring (bicyclic) bond motifs is 1. The Hall–Kier alpha value is -2.23. The van der Waals surface area contributed by atoms with Crippen LogP contribution in [-0.2, 0) is 0 Å². The molecule has 0 fully saturated rings. The number of nitrogens with one attached hydrogen (secondary N) is 2. The lowest BCUT2D eigenvalue weighted by molar-refractivity contribution is 1.34. The smallest absolute Gasteiger partial charge is 0.0931 e. The van der Waals surface area contributed by atoms with Crippen molar-refractivity contribution in [3.8, 4) is 0 Å². The summed E-state index contributed by atoms with van der Waals surface area (Å²) in [5.41, 5.74) is 8.24. The Morgan fingerprint density at radius 2 is 1.93 bits per heavy atom. The van der Waals surface area contributed by atoms with Gasteiger partial charge in [-0.2, -0.15) is 0 Å². The van der Waals surface area contributed by atoms with E-state index in [-0.39, 0.29) is 0 Å². The number of hydrogen-bond acceptors (Lipinski definition) is 2. The molecule has 15 heavy (non-hydrogen) atoms. The predicted octanol–water partition coefficient (Wildman–Crippen LogP) is 2.16. The molecule has 2 heterocycles. The van der Waals surface area contributed by atoms with Crippen molar-refractivity contribution in [2.75, 3.05) is 5.73 Å². The molecule has 4 heteroatoms. The minimum atomic E-state index is 0.761. The number of nitrogen functional groups attached to an aromatic ring is 1. The molecule has 0 aliphatic heterocycles. The largest absolute Gasteiger partial charge is 0.399 e. The maximum Gasteiger partial charge on any atom is 0.0931 e.